The summed E-state index contributed by atoms with van der Waals surface area (Å²) in [4.78, 5) is 29.6. The Kier molecular flexibility index (Phi) is 9.45. The highest BCUT2D eigenvalue weighted by Crippen LogP contribution is 2.46. The van der Waals surface area contributed by atoms with Crippen molar-refractivity contribution in [3.63, 3.8) is 0 Å². The number of rotatable bonds is 10. The number of carboxylic acid groups (broad SMARTS) is 1. The first kappa shape index (κ1) is 37.3. The van der Waals surface area contributed by atoms with Crippen LogP contribution < -0.4 is 9.64 Å². The molecule has 1 N–H and O–H groups in total. The third-order valence-corrected chi connectivity index (χ3v) is 12.0. The fourth-order valence-electron chi connectivity index (χ4n) is 8.30. The topological polar surface area (TPSA) is 133 Å². The second kappa shape index (κ2) is 14.2. The van der Waals surface area contributed by atoms with Crippen LogP contribution in [0, 0.1) is 34.6 Å². The van der Waals surface area contributed by atoms with Crippen molar-refractivity contribution in [2.75, 3.05) is 11.5 Å². The monoisotopic (exact) mass is 793 g/mol. The van der Waals surface area contributed by atoms with Gasteiger partial charge in [-0.1, -0.05) is 53.5 Å². The number of aryl methyl sites for hydroxylation is 6. The summed E-state index contributed by atoms with van der Waals surface area (Å²) in [6, 6.07) is 16.7. The van der Waals surface area contributed by atoms with Crippen molar-refractivity contribution < 1.29 is 23.8 Å². The normalized spacial score (nSPS) is 15.7. The van der Waals surface area contributed by atoms with Gasteiger partial charge in [-0.25, -0.2) is 4.79 Å². The molecule has 0 aliphatic carbocycles. The van der Waals surface area contributed by atoms with Gasteiger partial charge in [-0.05, 0) is 88.4 Å². The van der Waals surface area contributed by atoms with Crippen molar-refractivity contribution in [1.29, 1.82) is 0 Å². The highest BCUT2D eigenvalue weighted by molar-refractivity contribution is 6.32. The van der Waals surface area contributed by atoms with Gasteiger partial charge in [-0.2, -0.15) is 5.10 Å². The second-order valence-electron chi connectivity index (χ2n) is 14.5. The van der Waals surface area contributed by atoms with E-state index in [1.54, 1.807) is 34.6 Å². The third-order valence-electron chi connectivity index (χ3n) is 10.9. The lowest BCUT2D eigenvalue weighted by Crippen LogP contribution is -2.48. The van der Waals surface area contributed by atoms with E-state index in [-0.39, 0.29) is 24.0 Å². The zero-order chi connectivity index (χ0) is 39.7. The maximum atomic E-state index is 15.4. The smallest absolute Gasteiger partial charge is 0.352 e. The Hall–Kier alpha value is -5.59. The van der Waals surface area contributed by atoms with Crippen molar-refractivity contribution in [2.24, 2.45) is 7.05 Å². The van der Waals surface area contributed by atoms with E-state index >= 15 is 4.79 Å². The molecule has 5 heterocycles. The van der Waals surface area contributed by atoms with E-state index < -0.39 is 17.5 Å². The van der Waals surface area contributed by atoms with Gasteiger partial charge in [0.25, 0.3) is 5.91 Å². The lowest BCUT2D eigenvalue weighted by molar-refractivity contribution is 0.0685. The SMILES string of the molecule is Cc1nnc(Cn2c(C(=O)O)cc3cccc(N4C(=O)c5c(CCCOc6cc(C)c(Cl)c(C)c6)c6cccc(-c7c(C)nn(C)c7C)c6n5[C@H](C)C4Cl)c32)o1. The van der Waals surface area contributed by atoms with E-state index in [4.69, 9.17) is 37.5 Å². The molecule has 0 bridgehead atoms. The molecular formula is C42H41Cl2N7O5. The molecule has 0 radical (unpaired) electrons. The van der Waals surface area contributed by atoms with Crippen LogP contribution in [0.5, 0.6) is 5.75 Å². The van der Waals surface area contributed by atoms with E-state index in [2.05, 4.69) is 26.9 Å². The first-order valence-electron chi connectivity index (χ1n) is 18.4. The van der Waals surface area contributed by atoms with Crippen molar-refractivity contribution in [3.8, 4) is 16.9 Å². The molecule has 14 heteroatoms. The second-order valence-corrected chi connectivity index (χ2v) is 15.4. The number of anilines is 1. The summed E-state index contributed by atoms with van der Waals surface area (Å²) in [5.74, 6) is -0.0946. The molecule has 56 heavy (non-hydrogen) atoms. The van der Waals surface area contributed by atoms with Crippen LogP contribution in [0.2, 0.25) is 5.02 Å². The molecule has 288 valence electrons. The molecule has 3 aromatic carbocycles. The van der Waals surface area contributed by atoms with Gasteiger partial charge in [0.1, 0.15) is 29.2 Å². The van der Waals surface area contributed by atoms with Crippen LogP contribution in [0.15, 0.2) is 59.0 Å². The predicted octanol–water partition coefficient (Wildman–Crippen LogP) is 9.12. The van der Waals surface area contributed by atoms with Crippen molar-refractivity contribution in [1.82, 2.24) is 29.1 Å². The molecule has 7 aromatic rings. The highest BCUT2D eigenvalue weighted by atomic mass is 35.5. The first-order valence-corrected chi connectivity index (χ1v) is 19.3. The average molecular weight is 795 g/mol. The van der Waals surface area contributed by atoms with Crippen LogP contribution in [-0.2, 0) is 20.0 Å². The number of amides is 1. The molecule has 1 aliphatic heterocycles. The Morgan fingerprint density at radius 2 is 1.73 bits per heavy atom. The Morgan fingerprint density at radius 3 is 2.39 bits per heavy atom. The number of para-hydroxylation sites is 2. The lowest BCUT2D eigenvalue weighted by Gasteiger charge is -2.39. The maximum absolute atomic E-state index is 15.4. The highest BCUT2D eigenvalue weighted by Gasteiger charge is 2.42. The predicted molar refractivity (Wildman–Crippen MR) is 217 cm³/mol. The van der Waals surface area contributed by atoms with E-state index in [9.17, 15) is 9.90 Å². The van der Waals surface area contributed by atoms with Gasteiger partial charge in [-0.3, -0.25) is 14.4 Å². The molecule has 0 fully saturated rings. The molecule has 2 atom stereocenters. The molecule has 1 aliphatic rings. The van der Waals surface area contributed by atoms with Gasteiger partial charge < -0.3 is 23.4 Å². The van der Waals surface area contributed by atoms with Crippen LogP contribution in [0.1, 0.15) is 80.2 Å². The van der Waals surface area contributed by atoms with Gasteiger partial charge in [0.15, 0.2) is 0 Å². The quantitative estimate of drug-likeness (QED) is 0.0824. The number of hydrogen-bond donors (Lipinski definition) is 1. The molecule has 12 nitrogen and oxygen atoms in total. The minimum Gasteiger partial charge on any atom is -0.494 e. The number of carbonyl (C=O) groups excluding carboxylic acids is 1. The number of aromatic nitrogens is 6. The standard InChI is InChI=1S/C42H41Cl2N7O5/c1-21-17-28(18-22(2)36(21)43)55-16-10-14-30-29-12-9-13-31(35-23(3)47-48(7)24(35)4)38(29)50-25(5)40(44)51(41(52)39(30)50)32-15-8-11-27-19-33(42(53)54)49(37(27)32)20-34-46-45-26(6)56-34/h8-9,11-13,15,17-19,25,40H,10,14,16,20H2,1-7H3,(H,53,54)/t25-,40?/m1/s1. The number of nitrogens with zero attached hydrogens (tertiary/aromatic N) is 7. The summed E-state index contributed by atoms with van der Waals surface area (Å²) in [5, 5.41) is 25.4. The Morgan fingerprint density at radius 1 is 1.00 bits per heavy atom. The molecule has 0 spiro atoms. The fraction of sp³-hybridized carbons (Fsp3) is 0.310. The van der Waals surface area contributed by atoms with Gasteiger partial charge in [-0.15, -0.1) is 10.2 Å². The van der Waals surface area contributed by atoms with Crippen molar-refractivity contribution in [3.05, 3.63) is 111 Å². The number of ether oxygens (including phenoxy) is 1. The van der Waals surface area contributed by atoms with E-state index in [1.807, 2.05) is 70.6 Å². The number of aromatic carboxylic acids is 1. The third kappa shape index (κ3) is 6.02. The van der Waals surface area contributed by atoms with Crippen LogP contribution in [0.4, 0.5) is 5.69 Å². The summed E-state index contributed by atoms with van der Waals surface area (Å²) >= 11 is 13.9. The Bertz CT molecular complexity index is 2700. The number of carboxylic acids is 1. The maximum Gasteiger partial charge on any atom is 0.352 e. The number of hydrogen-bond acceptors (Lipinski definition) is 7. The lowest BCUT2D eigenvalue weighted by atomic mass is 9.98. The van der Waals surface area contributed by atoms with Crippen molar-refractivity contribution in [2.45, 2.75) is 72.5 Å². The Balaban J connectivity index is 1.29. The Labute approximate surface area is 333 Å². The largest absolute Gasteiger partial charge is 0.494 e. The molecule has 1 unspecified atom stereocenters. The number of halogens is 2. The van der Waals surface area contributed by atoms with Crippen molar-refractivity contribution >= 4 is 62.6 Å². The summed E-state index contributed by atoms with van der Waals surface area (Å²) in [5.41, 5.74) is 8.23. The zero-order valence-corrected chi connectivity index (χ0v) is 33.7. The summed E-state index contributed by atoms with van der Waals surface area (Å²) in [7, 11) is 1.93. The number of fused-ring (bicyclic) bond motifs is 4. The van der Waals surface area contributed by atoms with Crippen LogP contribution in [-0.4, -0.2) is 58.2 Å². The molecule has 0 saturated heterocycles. The minimum absolute atomic E-state index is 0.0136. The molecule has 1 amide bonds. The fourth-order valence-corrected chi connectivity index (χ4v) is 8.72. The van der Waals surface area contributed by atoms with E-state index in [1.165, 1.54) is 0 Å². The van der Waals surface area contributed by atoms with Gasteiger partial charge in [0.2, 0.25) is 11.8 Å². The van der Waals surface area contributed by atoms with Crippen LogP contribution in [0.3, 0.4) is 0 Å². The zero-order valence-electron chi connectivity index (χ0n) is 32.1. The molecule has 4 aromatic heterocycles. The molecule has 0 saturated carbocycles. The minimum atomic E-state index is -1.13. The van der Waals surface area contributed by atoms with Crippen LogP contribution in [0.25, 0.3) is 32.9 Å². The first-order chi connectivity index (χ1) is 26.8. The van der Waals surface area contributed by atoms with Crippen LogP contribution >= 0.6 is 23.2 Å². The summed E-state index contributed by atoms with van der Waals surface area (Å²) in [6.45, 7) is 12.0. The number of carbonyl (C=O) groups is 2. The van der Waals surface area contributed by atoms with Gasteiger partial charge >= 0.3 is 5.97 Å². The number of benzene rings is 3. The summed E-state index contributed by atoms with van der Waals surface area (Å²) < 4.78 is 17.5. The van der Waals surface area contributed by atoms with Gasteiger partial charge in [0.05, 0.1) is 35.1 Å². The average Bonchev–Trinajstić information content (AvgIpc) is 3.90. The summed E-state index contributed by atoms with van der Waals surface area (Å²) in [6.07, 6.45) is 1.16. The van der Waals surface area contributed by atoms with E-state index in [0.29, 0.717) is 47.6 Å². The molecule has 8 rings (SSSR count). The van der Waals surface area contributed by atoms with Gasteiger partial charge in [0, 0.05) is 46.6 Å². The number of alkyl halides is 1. The molecular weight excluding hydrogens is 753 g/mol. The van der Waals surface area contributed by atoms with E-state index in [0.717, 1.165) is 60.9 Å².